The van der Waals surface area contributed by atoms with E-state index in [1.54, 1.807) is 0 Å². The molecule has 2 rings (SSSR count). The average Bonchev–Trinajstić information content (AvgIpc) is 3.02. The van der Waals surface area contributed by atoms with Crippen LogP contribution >= 0.6 is 0 Å². The van der Waals surface area contributed by atoms with Crippen LogP contribution in [0.15, 0.2) is 34.1 Å². The number of carboxylic acid groups (broad SMARTS) is 1. The van der Waals surface area contributed by atoms with Gasteiger partial charge in [-0.1, -0.05) is 6.07 Å². The van der Waals surface area contributed by atoms with Crippen LogP contribution in [0.3, 0.4) is 0 Å². The number of nitrogens with one attached hydrogen (secondary N) is 1. The third-order valence-corrected chi connectivity index (χ3v) is 6.77. The molecule has 0 radical (unpaired) electrons. The maximum Gasteiger partial charge on any atom is 0.322 e. The Hall–Kier alpha value is -1.98. The fraction of sp³-hybridized carbons (Fsp3) is 0.429. The fourth-order valence-electron chi connectivity index (χ4n) is 2.57. The zero-order valence-corrected chi connectivity index (χ0v) is 15.0. The fourth-order valence-corrected chi connectivity index (χ4v) is 5.02. The highest BCUT2D eigenvalue weighted by atomic mass is 32.2. The van der Waals surface area contributed by atoms with Crippen molar-refractivity contribution in [3.05, 3.63) is 24.3 Å². The smallest absolute Gasteiger partial charge is 0.322 e. The van der Waals surface area contributed by atoms with Gasteiger partial charge in [0.15, 0.2) is 9.84 Å². The number of carbonyl (C=O) groups is 2. The van der Waals surface area contributed by atoms with Crippen LogP contribution in [0.2, 0.25) is 0 Å². The molecule has 138 valence electrons. The van der Waals surface area contributed by atoms with Gasteiger partial charge in [0.05, 0.1) is 9.79 Å². The number of carbonyl (C=O) groups excluding carboxylic acids is 1. The topological polar surface area (TPSA) is 138 Å². The van der Waals surface area contributed by atoms with E-state index in [-0.39, 0.29) is 22.8 Å². The summed E-state index contributed by atoms with van der Waals surface area (Å²) in [6, 6.07) is 3.89. The number of sulfonamides is 1. The van der Waals surface area contributed by atoms with E-state index < -0.39 is 44.3 Å². The molecule has 1 aromatic rings. The Morgan fingerprint density at radius 1 is 1.24 bits per heavy atom. The van der Waals surface area contributed by atoms with Gasteiger partial charge in [-0.2, -0.15) is 4.31 Å². The van der Waals surface area contributed by atoms with Crippen molar-refractivity contribution < 1.29 is 31.5 Å². The maximum atomic E-state index is 12.8. The molecular weight excluding hydrogens is 372 g/mol. The molecule has 1 amide bonds. The lowest BCUT2D eigenvalue weighted by molar-refractivity contribution is -0.138. The number of sulfone groups is 1. The molecule has 1 heterocycles. The zero-order chi connectivity index (χ0) is 18.8. The van der Waals surface area contributed by atoms with E-state index in [2.05, 4.69) is 5.32 Å². The number of benzene rings is 1. The van der Waals surface area contributed by atoms with Crippen LogP contribution in [-0.2, 0) is 29.4 Å². The molecular formula is C14H18N2O7S2. The molecule has 1 fully saturated rings. The van der Waals surface area contributed by atoms with E-state index in [4.69, 9.17) is 5.11 Å². The van der Waals surface area contributed by atoms with Crippen molar-refractivity contribution in [2.24, 2.45) is 0 Å². The van der Waals surface area contributed by atoms with Crippen molar-refractivity contribution in [3.8, 4) is 0 Å². The summed E-state index contributed by atoms with van der Waals surface area (Å²) in [5, 5.41) is 10.8. The van der Waals surface area contributed by atoms with Gasteiger partial charge >= 0.3 is 5.97 Å². The van der Waals surface area contributed by atoms with Crippen LogP contribution in [0.4, 0.5) is 0 Å². The number of nitrogens with zero attached hydrogens (tertiary/aromatic N) is 1. The van der Waals surface area contributed by atoms with Gasteiger partial charge in [0.1, 0.15) is 12.6 Å². The van der Waals surface area contributed by atoms with Gasteiger partial charge in [0, 0.05) is 12.8 Å². The molecule has 1 saturated heterocycles. The van der Waals surface area contributed by atoms with Crippen LogP contribution in [0.1, 0.15) is 12.8 Å². The SMILES string of the molecule is CS(=O)(=O)c1cccc(S(=O)(=O)N2CCCC2C(=O)NCC(=O)O)c1. The van der Waals surface area contributed by atoms with E-state index in [0.717, 1.165) is 16.6 Å². The van der Waals surface area contributed by atoms with E-state index in [9.17, 15) is 26.4 Å². The highest BCUT2D eigenvalue weighted by Gasteiger charge is 2.39. The van der Waals surface area contributed by atoms with Crippen molar-refractivity contribution in [1.82, 2.24) is 9.62 Å². The summed E-state index contributed by atoms with van der Waals surface area (Å²) < 4.78 is 49.8. The molecule has 0 aromatic heterocycles. The molecule has 0 aliphatic carbocycles. The molecule has 1 aliphatic heterocycles. The van der Waals surface area contributed by atoms with Gasteiger partial charge in [-0.3, -0.25) is 9.59 Å². The molecule has 1 atom stereocenters. The monoisotopic (exact) mass is 390 g/mol. The van der Waals surface area contributed by atoms with Crippen LogP contribution in [0.5, 0.6) is 0 Å². The van der Waals surface area contributed by atoms with Crippen molar-refractivity contribution in [2.45, 2.75) is 28.7 Å². The second-order valence-corrected chi connectivity index (χ2v) is 9.54. The largest absolute Gasteiger partial charge is 0.480 e. The van der Waals surface area contributed by atoms with Crippen LogP contribution in [-0.4, -0.2) is 63.5 Å². The summed E-state index contributed by atoms with van der Waals surface area (Å²) in [6.45, 7) is -0.511. The number of aliphatic carboxylic acids is 1. The second-order valence-electron chi connectivity index (χ2n) is 5.63. The molecule has 1 aliphatic rings. The number of hydrogen-bond acceptors (Lipinski definition) is 6. The van der Waals surface area contributed by atoms with Gasteiger partial charge < -0.3 is 10.4 Å². The minimum Gasteiger partial charge on any atom is -0.480 e. The van der Waals surface area contributed by atoms with Crippen LogP contribution < -0.4 is 5.32 Å². The molecule has 25 heavy (non-hydrogen) atoms. The quantitative estimate of drug-likeness (QED) is 0.664. The van der Waals surface area contributed by atoms with Gasteiger partial charge in [-0.25, -0.2) is 16.8 Å². The first kappa shape index (κ1) is 19.3. The lowest BCUT2D eigenvalue weighted by atomic mass is 10.2. The Morgan fingerprint density at radius 2 is 1.88 bits per heavy atom. The van der Waals surface area contributed by atoms with Crippen molar-refractivity contribution in [2.75, 3.05) is 19.3 Å². The predicted octanol–water partition coefficient (Wildman–Crippen LogP) is -0.556. The lowest BCUT2D eigenvalue weighted by Gasteiger charge is -2.23. The Kier molecular flexibility index (Phi) is 5.49. The van der Waals surface area contributed by atoms with Crippen molar-refractivity contribution in [3.63, 3.8) is 0 Å². The van der Waals surface area contributed by atoms with E-state index in [1.807, 2.05) is 0 Å². The first-order chi connectivity index (χ1) is 11.5. The summed E-state index contributed by atoms with van der Waals surface area (Å²) in [5.41, 5.74) is 0. The number of amides is 1. The molecule has 0 bridgehead atoms. The number of hydrogen-bond donors (Lipinski definition) is 2. The van der Waals surface area contributed by atoms with E-state index in [0.29, 0.717) is 6.42 Å². The highest BCUT2D eigenvalue weighted by molar-refractivity contribution is 7.91. The summed E-state index contributed by atoms with van der Waals surface area (Å²) in [4.78, 5) is 22.3. The Morgan fingerprint density at radius 3 is 2.48 bits per heavy atom. The standard InChI is InChI=1S/C14H18N2O7S2/c1-24(20,21)10-4-2-5-11(8-10)25(22,23)16-7-3-6-12(16)14(19)15-9-13(17)18/h2,4-5,8,12H,3,6-7,9H2,1H3,(H,15,19)(H,17,18). The highest BCUT2D eigenvalue weighted by Crippen LogP contribution is 2.27. The van der Waals surface area contributed by atoms with Crippen LogP contribution in [0.25, 0.3) is 0 Å². The molecule has 11 heteroatoms. The lowest BCUT2D eigenvalue weighted by Crippen LogP contribution is -2.46. The molecule has 9 nitrogen and oxygen atoms in total. The zero-order valence-electron chi connectivity index (χ0n) is 13.4. The van der Waals surface area contributed by atoms with E-state index >= 15 is 0 Å². The predicted molar refractivity (Wildman–Crippen MR) is 87.1 cm³/mol. The second kappa shape index (κ2) is 7.10. The third-order valence-electron chi connectivity index (χ3n) is 3.76. The minimum atomic E-state index is -4.09. The summed E-state index contributed by atoms with van der Waals surface area (Å²) >= 11 is 0. The van der Waals surface area contributed by atoms with Gasteiger partial charge in [0.25, 0.3) is 0 Å². The normalized spacial score (nSPS) is 18.8. The number of rotatable bonds is 6. The maximum absolute atomic E-state index is 12.8. The average molecular weight is 390 g/mol. The molecule has 0 saturated carbocycles. The molecule has 1 unspecified atom stereocenters. The molecule has 2 N–H and O–H groups in total. The summed E-state index contributed by atoms with van der Waals surface area (Å²) in [5.74, 6) is -1.93. The Bertz CT molecular complexity index is 894. The van der Waals surface area contributed by atoms with Gasteiger partial charge in [-0.15, -0.1) is 0 Å². The van der Waals surface area contributed by atoms with Crippen molar-refractivity contribution in [1.29, 1.82) is 0 Å². The first-order valence-electron chi connectivity index (χ1n) is 7.35. The number of carboxylic acids is 1. The van der Waals surface area contributed by atoms with Gasteiger partial charge in [-0.05, 0) is 31.0 Å². The van der Waals surface area contributed by atoms with Gasteiger partial charge in [0.2, 0.25) is 15.9 Å². The summed E-state index contributed by atoms with van der Waals surface area (Å²) in [6.07, 6.45) is 1.67. The van der Waals surface area contributed by atoms with Crippen molar-refractivity contribution >= 4 is 31.7 Å². The minimum absolute atomic E-state index is 0.0938. The third kappa shape index (κ3) is 4.35. The first-order valence-corrected chi connectivity index (χ1v) is 10.7. The van der Waals surface area contributed by atoms with E-state index in [1.165, 1.54) is 18.2 Å². The molecule has 0 spiro atoms. The van der Waals surface area contributed by atoms with Crippen LogP contribution in [0, 0.1) is 0 Å². The Labute approximate surface area is 145 Å². The summed E-state index contributed by atoms with van der Waals surface area (Å²) in [7, 11) is -7.68. The molecule has 1 aromatic carbocycles. The Balaban J connectivity index is 2.32.